The first-order valence-electron chi connectivity index (χ1n) is 5.99. The number of hydrogen-bond donors (Lipinski definition) is 1. The fourth-order valence-corrected chi connectivity index (χ4v) is 3.88. The van der Waals surface area contributed by atoms with Gasteiger partial charge >= 0.3 is 0 Å². The van der Waals surface area contributed by atoms with Crippen LogP contribution in [0.15, 0.2) is 22.7 Å². The molecule has 0 radical (unpaired) electrons. The minimum absolute atomic E-state index is 0.0780. The van der Waals surface area contributed by atoms with Crippen LogP contribution in [0.1, 0.15) is 25.5 Å². The van der Waals surface area contributed by atoms with Gasteiger partial charge in [0.1, 0.15) is 0 Å². The second-order valence-corrected chi connectivity index (χ2v) is 7.02. The highest BCUT2D eigenvalue weighted by molar-refractivity contribution is 9.10. The Labute approximate surface area is 116 Å². The van der Waals surface area contributed by atoms with Crippen LogP contribution < -0.4 is 10.6 Å². The van der Waals surface area contributed by atoms with Crippen LogP contribution in [0.5, 0.6) is 0 Å². The van der Waals surface area contributed by atoms with E-state index in [4.69, 9.17) is 5.73 Å². The summed E-state index contributed by atoms with van der Waals surface area (Å²) in [4.78, 5) is 2.46. The average Bonchev–Trinajstić information content (AvgIpc) is 2.28. The maximum absolute atomic E-state index is 5.92. The molecule has 2 rings (SSSR count). The smallest absolute Gasteiger partial charge is 0.0378 e. The van der Waals surface area contributed by atoms with Gasteiger partial charge in [0.15, 0.2) is 0 Å². The Hall–Kier alpha value is -0.190. The Bertz CT molecular complexity index is 395. The lowest BCUT2D eigenvalue weighted by Gasteiger charge is -2.32. The van der Waals surface area contributed by atoms with Gasteiger partial charge in [0, 0.05) is 40.3 Å². The van der Waals surface area contributed by atoms with Crippen LogP contribution in [0.2, 0.25) is 0 Å². The summed E-state index contributed by atoms with van der Waals surface area (Å²) < 4.78 is 1.12. The Morgan fingerprint density at radius 2 is 2.29 bits per heavy atom. The third-order valence-corrected chi connectivity index (χ3v) is 4.90. The maximum atomic E-state index is 5.92. The molecule has 1 heterocycles. The van der Waals surface area contributed by atoms with Crippen LogP contribution >= 0.6 is 27.7 Å². The van der Waals surface area contributed by atoms with Crippen molar-refractivity contribution in [3.8, 4) is 0 Å². The molecule has 1 saturated heterocycles. The number of thioether (sulfide) groups is 1. The molecule has 0 bridgehead atoms. The first-order chi connectivity index (χ1) is 8.08. The largest absolute Gasteiger partial charge is 0.370 e. The van der Waals surface area contributed by atoms with Gasteiger partial charge in [-0.25, -0.2) is 0 Å². The zero-order valence-corrected chi connectivity index (χ0v) is 12.7. The molecular formula is C13H19BrN2S. The number of anilines is 1. The van der Waals surface area contributed by atoms with Crippen LogP contribution in [-0.4, -0.2) is 24.1 Å². The minimum atomic E-state index is 0.0780. The number of hydrogen-bond acceptors (Lipinski definition) is 3. The van der Waals surface area contributed by atoms with Gasteiger partial charge in [-0.05, 0) is 24.6 Å². The SMILES string of the molecule is CC1CN(c2ccc([C@H](C)N)c(Br)c2)CCS1. The van der Waals surface area contributed by atoms with Crippen molar-refractivity contribution in [1.82, 2.24) is 0 Å². The van der Waals surface area contributed by atoms with Crippen molar-refractivity contribution in [1.29, 1.82) is 0 Å². The molecule has 2 nitrogen and oxygen atoms in total. The summed E-state index contributed by atoms with van der Waals surface area (Å²) in [6.07, 6.45) is 0. The quantitative estimate of drug-likeness (QED) is 0.907. The minimum Gasteiger partial charge on any atom is -0.370 e. The van der Waals surface area contributed by atoms with Crippen LogP contribution in [0.3, 0.4) is 0 Å². The standard InChI is InChI=1S/C13H19BrN2S/c1-9-8-16(5-6-17-9)11-3-4-12(10(2)15)13(14)7-11/h3-4,7,9-10H,5-6,8,15H2,1-2H3/t9?,10-/m0/s1. The molecule has 1 aromatic rings. The van der Waals surface area contributed by atoms with Gasteiger partial charge in [0.25, 0.3) is 0 Å². The summed E-state index contributed by atoms with van der Waals surface area (Å²) in [6, 6.07) is 6.60. The molecule has 2 atom stereocenters. The van der Waals surface area contributed by atoms with E-state index < -0.39 is 0 Å². The van der Waals surface area contributed by atoms with Gasteiger partial charge in [0.2, 0.25) is 0 Å². The molecule has 0 aromatic heterocycles. The monoisotopic (exact) mass is 314 g/mol. The lowest BCUT2D eigenvalue weighted by atomic mass is 10.1. The highest BCUT2D eigenvalue weighted by atomic mass is 79.9. The highest BCUT2D eigenvalue weighted by Gasteiger charge is 2.17. The van der Waals surface area contributed by atoms with Crippen molar-refractivity contribution < 1.29 is 0 Å². The Balaban J connectivity index is 2.19. The van der Waals surface area contributed by atoms with Gasteiger partial charge in [-0.3, -0.25) is 0 Å². The molecule has 17 heavy (non-hydrogen) atoms. The third kappa shape index (κ3) is 3.18. The molecule has 0 amide bonds. The summed E-state index contributed by atoms with van der Waals surface area (Å²) in [5, 5.41) is 0.718. The predicted octanol–water partition coefficient (Wildman–Crippen LogP) is 3.41. The fraction of sp³-hybridized carbons (Fsp3) is 0.538. The van der Waals surface area contributed by atoms with E-state index in [1.165, 1.54) is 17.0 Å². The van der Waals surface area contributed by atoms with Crippen molar-refractivity contribution in [3.05, 3.63) is 28.2 Å². The van der Waals surface area contributed by atoms with E-state index in [0.29, 0.717) is 0 Å². The summed E-state index contributed by atoms with van der Waals surface area (Å²) in [5.41, 5.74) is 8.39. The van der Waals surface area contributed by atoms with E-state index in [-0.39, 0.29) is 6.04 Å². The Morgan fingerprint density at radius 3 is 2.88 bits per heavy atom. The van der Waals surface area contributed by atoms with Gasteiger partial charge in [-0.2, -0.15) is 11.8 Å². The van der Waals surface area contributed by atoms with E-state index >= 15 is 0 Å². The highest BCUT2D eigenvalue weighted by Crippen LogP contribution is 2.29. The van der Waals surface area contributed by atoms with E-state index in [1.807, 2.05) is 6.92 Å². The third-order valence-electron chi connectivity index (χ3n) is 3.08. The molecule has 4 heteroatoms. The molecular weight excluding hydrogens is 296 g/mol. The molecule has 1 unspecified atom stereocenters. The predicted molar refractivity (Wildman–Crippen MR) is 80.9 cm³/mol. The van der Waals surface area contributed by atoms with E-state index in [9.17, 15) is 0 Å². The van der Waals surface area contributed by atoms with Crippen LogP contribution in [0.4, 0.5) is 5.69 Å². The second kappa shape index (κ2) is 5.63. The number of benzene rings is 1. The van der Waals surface area contributed by atoms with E-state index in [2.05, 4.69) is 57.7 Å². The van der Waals surface area contributed by atoms with Gasteiger partial charge < -0.3 is 10.6 Å². The number of halogens is 1. The Kier molecular flexibility index (Phi) is 4.39. The van der Waals surface area contributed by atoms with E-state index in [0.717, 1.165) is 22.8 Å². The first kappa shape index (κ1) is 13.2. The number of nitrogens with zero attached hydrogens (tertiary/aromatic N) is 1. The molecule has 0 aliphatic carbocycles. The zero-order valence-electron chi connectivity index (χ0n) is 10.3. The van der Waals surface area contributed by atoms with Crippen molar-refractivity contribution in [2.24, 2.45) is 5.73 Å². The number of nitrogens with two attached hydrogens (primary N) is 1. The molecule has 0 spiro atoms. The number of rotatable bonds is 2. The normalized spacial score (nSPS) is 22.6. The Morgan fingerprint density at radius 1 is 1.53 bits per heavy atom. The summed E-state index contributed by atoms with van der Waals surface area (Å²) >= 11 is 5.67. The molecule has 94 valence electrons. The topological polar surface area (TPSA) is 29.3 Å². The molecule has 1 aliphatic heterocycles. The lowest BCUT2D eigenvalue weighted by molar-refractivity contribution is 0.778. The van der Waals surface area contributed by atoms with Crippen LogP contribution in [-0.2, 0) is 0 Å². The van der Waals surface area contributed by atoms with Crippen molar-refractivity contribution in [2.75, 3.05) is 23.7 Å². The summed E-state index contributed by atoms with van der Waals surface area (Å²) in [6.45, 7) is 6.58. The second-order valence-electron chi connectivity index (χ2n) is 4.62. The molecule has 1 aromatic carbocycles. The summed E-state index contributed by atoms with van der Waals surface area (Å²) in [5.74, 6) is 1.22. The van der Waals surface area contributed by atoms with Gasteiger partial charge in [-0.1, -0.05) is 28.9 Å². The summed E-state index contributed by atoms with van der Waals surface area (Å²) in [7, 11) is 0. The maximum Gasteiger partial charge on any atom is 0.0378 e. The fourth-order valence-electron chi connectivity index (χ4n) is 2.13. The molecule has 1 fully saturated rings. The van der Waals surface area contributed by atoms with Crippen LogP contribution in [0.25, 0.3) is 0 Å². The molecule has 2 N–H and O–H groups in total. The average molecular weight is 315 g/mol. The van der Waals surface area contributed by atoms with Crippen molar-refractivity contribution in [2.45, 2.75) is 25.1 Å². The van der Waals surface area contributed by atoms with Crippen molar-refractivity contribution in [3.63, 3.8) is 0 Å². The van der Waals surface area contributed by atoms with E-state index in [1.54, 1.807) is 0 Å². The molecule has 0 saturated carbocycles. The zero-order chi connectivity index (χ0) is 12.4. The lowest BCUT2D eigenvalue weighted by Crippen LogP contribution is -2.36. The first-order valence-corrected chi connectivity index (χ1v) is 7.83. The van der Waals surface area contributed by atoms with Gasteiger partial charge in [-0.15, -0.1) is 0 Å². The molecule has 1 aliphatic rings. The van der Waals surface area contributed by atoms with Gasteiger partial charge in [0.05, 0.1) is 0 Å². The van der Waals surface area contributed by atoms with Crippen molar-refractivity contribution >= 4 is 33.4 Å². The van der Waals surface area contributed by atoms with Crippen LogP contribution in [0, 0.1) is 0 Å².